The van der Waals surface area contributed by atoms with Crippen LogP contribution >= 0.6 is 0 Å². The molecule has 1 amide bonds. The fraction of sp³-hybridized carbons (Fsp3) is 0.467. The maximum absolute atomic E-state index is 12.3. The van der Waals surface area contributed by atoms with Gasteiger partial charge in [0.25, 0.3) is 0 Å². The minimum absolute atomic E-state index is 0.0720. The molecular weight excluding hydrogens is 258 g/mol. The first-order valence-corrected chi connectivity index (χ1v) is 6.47. The van der Waals surface area contributed by atoms with Gasteiger partial charge in [0.2, 0.25) is 5.91 Å². The molecule has 0 aliphatic carbocycles. The number of hydrogen-bond acceptors (Lipinski definition) is 3. The highest BCUT2D eigenvalue weighted by Crippen LogP contribution is 2.32. The van der Waals surface area contributed by atoms with E-state index in [9.17, 15) is 19.8 Å². The maximum atomic E-state index is 12.3. The first kappa shape index (κ1) is 16.0. The number of amides is 1. The van der Waals surface area contributed by atoms with Crippen molar-refractivity contribution >= 4 is 17.6 Å². The number of aromatic hydroxyl groups is 1. The van der Waals surface area contributed by atoms with Crippen LogP contribution in [0, 0.1) is 11.3 Å². The van der Waals surface area contributed by atoms with Crippen LogP contribution in [0.3, 0.4) is 0 Å². The third-order valence-corrected chi connectivity index (χ3v) is 3.89. The van der Waals surface area contributed by atoms with Crippen molar-refractivity contribution in [2.24, 2.45) is 11.3 Å². The topological polar surface area (TPSA) is 77.8 Å². The summed E-state index contributed by atoms with van der Waals surface area (Å²) in [6.07, 6.45) is -0.0720. The summed E-state index contributed by atoms with van der Waals surface area (Å²) < 4.78 is 0. The minimum atomic E-state index is -1.09. The molecule has 0 fully saturated rings. The van der Waals surface area contributed by atoms with Gasteiger partial charge in [-0.1, -0.05) is 13.8 Å². The second-order valence-corrected chi connectivity index (χ2v) is 5.52. The highest BCUT2D eigenvalue weighted by molar-refractivity contribution is 5.95. The molecule has 0 aliphatic heterocycles. The molecule has 0 bridgehead atoms. The van der Waals surface area contributed by atoms with E-state index in [4.69, 9.17) is 0 Å². The largest absolute Gasteiger partial charge is 0.508 e. The number of carboxylic acids is 1. The number of phenols is 1. The number of carbonyl (C=O) groups excluding carboxylic acids is 1. The molecule has 0 saturated heterocycles. The van der Waals surface area contributed by atoms with Crippen molar-refractivity contribution in [3.8, 4) is 5.75 Å². The smallest absolute Gasteiger partial charge is 0.310 e. The zero-order chi connectivity index (χ0) is 15.5. The molecule has 1 rings (SSSR count). The summed E-state index contributed by atoms with van der Waals surface area (Å²) in [5, 5.41) is 18.6. The van der Waals surface area contributed by atoms with Crippen LogP contribution in [0.1, 0.15) is 27.2 Å². The molecule has 110 valence electrons. The van der Waals surface area contributed by atoms with Crippen molar-refractivity contribution in [1.29, 1.82) is 0 Å². The molecule has 1 atom stereocenters. The van der Waals surface area contributed by atoms with E-state index in [-0.39, 0.29) is 24.0 Å². The van der Waals surface area contributed by atoms with E-state index in [1.54, 1.807) is 40.0 Å². The number of carbonyl (C=O) groups is 2. The first-order valence-electron chi connectivity index (χ1n) is 6.47. The van der Waals surface area contributed by atoms with Crippen LogP contribution < -0.4 is 4.90 Å². The van der Waals surface area contributed by atoms with Crippen LogP contribution in [-0.2, 0) is 9.59 Å². The predicted molar refractivity (Wildman–Crippen MR) is 76.7 cm³/mol. The van der Waals surface area contributed by atoms with E-state index in [0.29, 0.717) is 5.69 Å². The van der Waals surface area contributed by atoms with Crippen molar-refractivity contribution < 1.29 is 19.8 Å². The van der Waals surface area contributed by atoms with Crippen molar-refractivity contribution in [2.75, 3.05) is 11.9 Å². The summed E-state index contributed by atoms with van der Waals surface area (Å²) in [5.74, 6) is -1.28. The molecule has 1 aromatic rings. The number of phenolic OH excluding ortho intramolecular Hbond substituents is 1. The molecule has 0 heterocycles. The molecule has 0 aliphatic rings. The third-order valence-electron chi connectivity index (χ3n) is 3.89. The number of nitrogens with zero attached hydrogens (tertiary/aromatic N) is 1. The number of carboxylic acid groups (broad SMARTS) is 1. The molecule has 5 heteroatoms. The fourth-order valence-electron chi connectivity index (χ4n) is 1.78. The first-order chi connectivity index (χ1) is 9.18. The summed E-state index contributed by atoms with van der Waals surface area (Å²) in [6.45, 7) is 5.17. The number of benzene rings is 1. The minimum Gasteiger partial charge on any atom is -0.508 e. The number of hydrogen-bond donors (Lipinski definition) is 2. The lowest BCUT2D eigenvalue weighted by atomic mass is 9.76. The Balaban J connectivity index is 2.89. The van der Waals surface area contributed by atoms with E-state index in [2.05, 4.69) is 0 Å². The second-order valence-electron chi connectivity index (χ2n) is 5.52. The molecular formula is C15H21NO4. The molecule has 1 aromatic carbocycles. The van der Waals surface area contributed by atoms with Gasteiger partial charge in [0.05, 0.1) is 5.41 Å². The van der Waals surface area contributed by atoms with Crippen molar-refractivity contribution in [3.63, 3.8) is 0 Å². The monoisotopic (exact) mass is 279 g/mol. The van der Waals surface area contributed by atoms with Gasteiger partial charge in [-0.05, 0) is 37.1 Å². The van der Waals surface area contributed by atoms with Crippen molar-refractivity contribution in [3.05, 3.63) is 24.3 Å². The SMILES string of the molecule is CC(C)C(C)(CC(=O)N(C)c1ccc(O)cc1)C(=O)O. The lowest BCUT2D eigenvalue weighted by Crippen LogP contribution is -2.39. The molecule has 2 N–H and O–H groups in total. The highest BCUT2D eigenvalue weighted by atomic mass is 16.4. The van der Waals surface area contributed by atoms with E-state index in [1.165, 1.54) is 17.0 Å². The van der Waals surface area contributed by atoms with Crippen molar-refractivity contribution in [2.45, 2.75) is 27.2 Å². The van der Waals surface area contributed by atoms with Crippen molar-refractivity contribution in [1.82, 2.24) is 0 Å². The number of rotatable bonds is 5. The van der Waals surface area contributed by atoms with E-state index in [0.717, 1.165) is 0 Å². The molecule has 5 nitrogen and oxygen atoms in total. The Hall–Kier alpha value is -2.04. The standard InChI is InChI=1S/C15H21NO4/c1-10(2)15(3,14(19)20)9-13(18)16(4)11-5-7-12(17)8-6-11/h5-8,10,17H,9H2,1-4H3,(H,19,20). The average Bonchev–Trinajstić information content (AvgIpc) is 2.38. The van der Waals surface area contributed by atoms with Crippen LogP contribution in [0.5, 0.6) is 5.75 Å². The van der Waals surface area contributed by atoms with Gasteiger partial charge < -0.3 is 15.1 Å². The Kier molecular flexibility index (Phi) is 4.76. The summed E-state index contributed by atoms with van der Waals surface area (Å²) in [5.41, 5.74) is -0.480. The van der Waals surface area contributed by atoms with Gasteiger partial charge in [-0.15, -0.1) is 0 Å². The van der Waals surface area contributed by atoms with E-state index >= 15 is 0 Å². The third kappa shape index (κ3) is 3.29. The Labute approximate surface area is 118 Å². The molecule has 0 spiro atoms. The second kappa shape index (κ2) is 5.94. The molecule has 0 saturated carbocycles. The van der Waals surface area contributed by atoms with Gasteiger partial charge in [-0.3, -0.25) is 9.59 Å². The summed E-state index contributed by atoms with van der Waals surface area (Å²) in [7, 11) is 1.59. The normalized spacial score (nSPS) is 13.8. The summed E-state index contributed by atoms with van der Waals surface area (Å²) >= 11 is 0. The number of anilines is 1. The van der Waals surface area contributed by atoms with Crippen LogP contribution in [0.15, 0.2) is 24.3 Å². The Morgan fingerprint density at radius 1 is 1.25 bits per heavy atom. The van der Waals surface area contributed by atoms with Gasteiger partial charge in [0, 0.05) is 19.2 Å². The molecule has 0 radical (unpaired) electrons. The molecule has 1 unspecified atom stereocenters. The highest BCUT2D eigenvalue weighted by Gasteiger charge is 2.39. The van der Waals surface area contributed by atoms with E-state index < -0.39 is 11.4 Å². The summed E-state index contributed by atoms with van der Waals surface area (Å²) in [6, 6.07) is 6.19. The molecule has 20 heavy (non-hydrogen) atoms. The zero-order valence-corrected chi connectivity index (χ0v) is 12.3. The van der Waals surface area contributed by atoms with Crippen LogP contribution in [0.25, 0.3) is 0 Å². The predicted octanol–water partition coefficient (Wildman–Crippen LogP) is 2.49. The quantitative estimate of drug-likeness (QED) is 0.868. The Bertz CT molecular complexity index is 495. The summed E-state index contributed by atoms with van der Waals surface area (Å²) in [4.78, 5) is 25.1. The Morgan fingerprint density at radius 2 is 1.75 bits per heavy atom. The maximum Gasteiger partial charge on any atom is 0.310 e. The van der Waals surface area contributed by atoms with Gasteiger partial charge in [0.15, 0.2) is 0 Å². The lowest BCUT2D eigenvalue weighted by Gasteiger charge is -2.30. The van der Waals surface area contributed by atoms with Crippen LogP contribution in [-0.4, -0.2) is 29.1 Å². The van der Waals surface area contributed by atoms with Gasteiger partial charge in [-0.25, -0.2) is 0 Å². The van der Waals surface area contributed by atoms with Gasteiger partial charge >= 0.3 is 5.97 Å². The van der Waals surface area contributed by atoms with Gasteiger partial charge in [-0.2, -0.15) is 0 Å². The average molecular weight is 279 g/mol. The fourth-order valence-corrected chi connectivity index (χ4v) is 1.78. The van der Waals surface area contributed by atoms with Crippen LogP contribution in [0.4, 0.5) is 5.69 Å². The number of aliphatic carboxylic acids is 1. The molecule has 0 aromatic heterocycles. The lowest BCUT2D eigenvalue weighted by molar-refractivity contribution is -0.153. The van der Waals surface area contributed by atoms with E-state index in [1.807, 2.05) is 0 Å². The van der Waals surface area contributed by atoms with Crippen LogP contribution in [0.2, 0.25) is 0 Å². The van der Waals surface area contributed by atoms with Gasteiger partial charge in [0.1, 0.15) is 5.75 Å². The zero-order valence-electron chi connectivity index (χ0n) is 12.3. The Morgan fingerprint density at radius 3 is 2.15 bits per heavy atom.